The fourth-order valence-electron chi connectivity index (χ4n) is 2.89. The molecule has 0 aliphatic carbocycles. The minimum absolute atomic E-state index is 0.00221. The number of amides is 1. The summed E-state index contributed by atoms with van der Waals surface area (Å²) in [5, 5.41) is 19.8. The molecular weight excluding hydrogens is 450 g/mol. The van der Waals surface area contributed by atoms with E-state index in [1.807, 2.05) is 6.07 Å². The molecular formula is C21H21N5O4S2. The Morgan fingerprint density at radius 1 is 1.16 bits per heavy atom. The number of aromatic nitrogens is 2. The first kappa shape index (κ1) is 23.5. The number of benzene rings is 2. The first-order chi connectivity index (χ1) is 15.4. The van der Waals surface area contributed by atoms with E-state index in [9.17, 15) is 13.2 Å². The number of nitrogens with zero attached hydrogens (tertiary/aromatic N) is 4. The first-order valence-electron chi connectivity index (χ1n) is 9.74. The number of para-hydroxylation sites is 1. The zero-order valence-corrected chi connectivity index (χ0v) is 19.1. The maximum Gasteiger partial charge on any atom is 0.277 e. The predicted octanol–water partition coefficient (Wildman–Crippen LogP) is 3.37. The lowest BCUT2D eigenvalue weighted by Gasteiger charge is -2.18. The van der Waals surface area contributed by atoms with Gasteiger partial charge >= 0.3 is 0 Å². The quantitative estimate of drug-likeness (QED) is 0.470. The van der Waals surface area contributed by atoms with Gasteiger partial charge in [0, 0.05) is 18.7 Å². The summed E-state index contributed by atoms with van der Waals surface area (Å²) in [5.74, 6) is -0.179. The van der Waals surface area contributed by atoms with E-state index in [1.54, 1.807) is 50.2 Å². The van der Waals surface area contributed by atoms with Gasteiger partial charge in [0.05, 0.1) is 21.9 Å². The number of hydrogen-bond acceptors (Lipinski definition) is 8. The fraction of sp³-hybridized carbons (Fsp3) is 0.238. The molecule has 1 amide bonds. The minimum atomic E-state index is -3.62. The second-order valence-corrected chi connectivity index (χ2v) is 9.35. The Morgan fingerprint density at radius 2 is 1.91 bits per heavy atom. The molecule has 0 spiro atoms. The molecule has 1 heterocycles. The third-order valence-corrected chi connectivity index (χ3v) is 7.34. The molecule has 32 heavy (non-hydrogen) atoms. The van der Waals surface area contributed by atoms with Crippen molar-refractivity contribution in [1.29, 1.82) is 5.26 Å². The van der Waals surface area contributed by atoms with Crippen LogP contribution in [0.15, 0.2) is 63.1 Å². The van der Waals surface area contributed by atoms with E-state index in [-0.39, 0.29) is 27.7 Å². The highest BCUT2D eigenvalue weighted by Gasteiger charge is 2.22. The van der Waals surface area contributed by atoms with Gasteiger partial charge in [0.25, 0.3) is 5.22 Å². The molecule has 1 aromatic heterocycles. The predicted molar refractivity (Wildman–Crippen MR) is 120 cm³/mol. The van der Waals surface area contributed by atoms with Gasteiger partial charge in [-0.1, -0.05) is 43.8 Å². The Morgan fingerprint density at radius 3 is 2.62 bits per heavy atom. The Kier molecular flexibility index (Phi) is 7.63. The van der Waals surface area contributed by atoms with Crippen molar-refractivity contribution in [3.63, 3.8) is 0 Å². The Bertz CT molecular complexity index is 1250. The highest BCUT2D eigenvalue weighted by Crippen LogP contribution is 2.26. The van der Waals surface area contributed by atoms with Gasteiger partial charge in [-0.25, -0.2) is 8.42 Å². The average molecular weight is 472 g/mol. The van der Waals surface area contributed by atoms with Crippen LogP contribution in [0.25, 0.3) is 11.5 Å². The highest BCUT2D eigenvalue weighted by atomic mass is 32.2. The summed E-state index contributed by atoms with van der Waals surface area (Å²) in [6.45, 7) is 4.29. The number of nitrogens with one attached hydrogen (secondary N) is 1. The summed E-state index contributed by atoms with van der Waals surface area (Å²) in [7, 11) is -3.62. The van der Waals surface area contributed by atoms with Crippen molar-refractivity contribution in [2.75, 3.05) is 24.2 Å². The minimum Gasteiger partial charge on any atom is -0.411 e. The highest BCUT2D eigenvalue weighted by molar-refractivity contribution is 7.99. The molecule has 2 aromatic carbocycles. The summed E-state index contributed by atoms with van der Waals surface area (Å²) < 4.78 is 32.5. The molecule has 0 saturated heterocycles. The van der Waals surface area contributed by atoms with Crippen LogP contribution in [-0.2, 0) is 14.8 Å². The number of thioether (sulfide) groups is 1. The Balaban J connectivity index is 1.69. The smallest absolute Gasteiger partial charge is 0.277 e. The van der Waals surface area contributed by atoms with Crippen LogP contribution in [0.2, 0.25) is 0 Å². The summed E-state index contributed by atoms with van der Waals surface area (Å²) in [4.78, 5) is 12.3. The van der Waals surface area contributed by atoms with Crippen LogP contribution in [0.5, 0.6) is 0 Å². The van der Waals surface area contributed by atoms with Crippen molar-refractivity contribution in [2.24, 2.45) is 0 Å². The lowest BCUT2D eigenvalue weighted by Crippen LogP contribution is -2.30. The molecule has 0 atom stereocenters. The topological polar surface area (TPSA) is 129 Å². The first-order valence-corrected chi connectivity index (χ1v) is 12.2. The van der Waals surface area contributed by atoms with E-state index in [0.717, 1.165) is 11.8 Å². The molecule has 3 rings (SSSR count). The maximum absolute atomic E-state index is 12.7. The van der Waals surface area contributed by atoms with Crippen molar-refractivity contribution >= 4 is 33.4 Å². The molecule has 0 bridgehead atoms. The van der Waals surface area contributed by atoms with Crippen molar-refractivity contribution < 1.29 is 17.6 Å². The number of sulfonamides is 1. The molecule has 3 aromatic rings. The van der Waals surface area contributed by atoms with Crippen molar-refractivity contribution in [1.82, 2.24) is 14.5 Å². The lowest BCUT2D eigenvalue weighted by molar-refractivity contribution is -0.113. The maximum atomic E-state index is 12.7. The van der Waals surface area contributed by atoms with Gasteiger partial charge in [-0.15, -0.1) is 10.2 Å². The lowest BCUT2D eigenvalue weighted by atomic mass is 10.2. The van der Waals surface area contributed by atoms with Crippen LogP contribution in [0, 0.1) is 11.3 Å². The monoisotopic (exact) mass is 471 g/mol. The SMILES string of the molecule is CCN(CC)S(=O)(=O)c1cccc(-c2nnc(SCC(=O)Nc3ccccc3C#N)o2)c1. The van der Waals surface area contributed by atoms with Gasteiger partial charge in [0.1, 0.15) is 6.07 Å². The number of rotatable bonds is 9. The van der Waals surface area contributed by atoms with Crippen LogP contribution >= 0.6 is 11.8 Å². The van der Waals surface area contributed by atoms with Crippen molar-refractivity contribution in [3.05, 3.63) is 54.1 Å². The molecule has 166 valence electrons. The normalized spacial score (nSPS) is 11.3. The average Bonchev–Trinajstić information content (AvgIpc) is 3.28. The van der Waals surface area contributed by atoms with Crippen LogP contribution in [0.3, 0.4) is 0 Å². The molecule has 0 radical (unpaired) electrons. The van der Waals surface area contributed by atoms with E-state index in [1.165, 1.54) is 16.4 Å². The third-order valence-electron chi connectivity index (χ3n) is 4.48. The van der Waals surface area contributed by atoms with Crippen molar-refractivity contribution in [3.8, 4) is 17.5 Å². The van der Waals surface area contributed by atoms with Gasteiger partial charge in [-0.05, 0) is 30.3 Å². The van der Waals surface area contributed by atoms with Crippen LogP contribution in [-0.4, -0.2) is 47.7 Å². The molecule has 1 N–H and O–H groups in total. The van der Waals surface area contributed by atoms with Gasteiger partial charge in [0.2, 0.25) is 21.8 Å². The third kappa shape index (κ3) is 5.34. The second kappa shape index (κ2) is 10.4. The molecule has 0 aliphatic rings. The molecule has 0 saturated carbocycles. The second-order valence-electron chi connectivity index (χ2n) is 6.48. The van der Waals surface area contributed by atoms with Crippen LogP contribution < -0.4 is 5.32 Å². The number of nitriles is 1. The van der Waals surface area contributed by atoms with E-state index < -0.39 is 10.0 Å². The van der Waals surface area contributed by atoms with Crippen molar-refractivity contribution in [2.45, 2.75) is 24.0 Å². The van der Waals surface area contributed by atoms with E-state index in [0.29, 0.717) is 29.9 Å². The number of hydrogen-bond donors (Lipinski definition) is 1. The molecule has 0 aliphatic heterocycles. The summed E-state index contributed by atoms with van der Waals surface area (Å²) in [5.41, 5.74) is 1.26. The van der Waals surface area contributed by atoms with Crippen LogP contribution in [0.1, 0.15) is 19.4 Å². The number of anilines is 1. The standard InChI is InChI=1S/C21H21N5O4S2/c1-3-26(4-2)32(28,29)17-10-7-9-15(12-17)20-24-25-21(30-20)31-14-19(27)23-18-11-6-5-8-16(18)13-22/h5-12H,3-4,14H2,1-2H3,(H,23,27). The summed E-state index contributed by atoms with van der Waals surface area (Å²) >= 11 is 1.04. The van der Waals surface area contributed by atoms with Gasteiger partial charge in [0.15, 0.2) is 0 Å². The molecule has 11 heteroatoms. The van der Waals surface area contributed by atoms with Crippen LogP contribution in [0.4, 0.5) is 5.69 Å². The van der Waals surface area contributed by atoms with E-state index >= 15 is 0 Å². The van der Waals surface area contributed by atoms with Gasteiger partial charge in [-0.3, -0.25) is 4.79 Å². The zero-order valence-electron chi connectivity index (χ0n) is 17.5. The zero-order chi connectivity index (χ0) is 23.1. The van der Waals surface area contributed by atoms with Gasteiger partial charge in [-0.2, -0.15) is 9.57 Å². The molecule has 9 nitrogen and oxygen atoms in total. The van der Waals surface area contributed by atoms with E-state index in [2.05, 4.69) is 15.5 Å². The Labute approximate surface area is 190 Å². The molecule has 0 unspecified atom stereocenters. The largest absolute Gasteiger partial charge is 0.411 e. The number of carbonyl (C=O) groups is 1. The fourth-order valence-corrected chi connectivity index (χ4v) is 4.96. The molecule has 0 fully saturated rings. The summed E-state index contributed by atoms with van der Waals surface area (Å²) in [6.07, 6.45) is 0. The van der Waals surface area contributed by atoms with Gasteiger partial charge < -0.3 is 9.73 Å². The number of carbonyl (C=O) groups excluding carboxylic acids is 1. The summed E-state index contributed by atoms with van der Waals surface area (Å²) in [6, 6.07) is 15.0. The Hall–Kier alpha value is -3.20. The van der Waals surface area contributed by atoms with E-state index in [4.69, 9.17) is 9.68 Å².